The number of carbonyl (C=O) groups is 1. The molecule has 0 saturated carbocycles. The molecule has 0 spiro atoms. The van der Waals surface area contributed by atoms with E-state index < -0.39 is 17.6 Å². The Kier molecular flexibility index (Phi) is 5.04. The Morgan fingerprint density at radius 2 is 1.97 bits per heavy atom. The number of carbonyl (C=O) groups excluding carboxylic acids is 1. The number of hydrogen-bond acceptors (Lipinski definition) is 4. The molecule has 9 heteroatoms. The molecule has 0 radical (unpaired) electrons. The van der Waals surface area contributed by atoms with Gasteiger partial charge in [-0.25, -0.2) is 4.98 Å². The van der Waals surface area contributed by atoms with Crippen LogP contribution in [0.5, 0.6) is 0 Å². The quantitative estimate of drug-likeness (QED) is 0.671. The van der Waals surface area contributed by atoms with Gasteiger partial charge in [-0.1, -0.05) is 23.7 Å². The molecule has 1 atom stereocenters. The van der Waals surface area contributed by atoms with Crippen molar-refractivity contribution in [3.63, 3.8) is 0 Å². The van der Waals surface area contributed by atoms with Gasteiger partial charge in [-0.3, -0.25) is 9.78 Å². The van der Waals surface area contributed by atoms with Crippen LogP contribution in [-0.4, -0.2) is 39.9 Å². The summed E-state index contributed by atoms with van der Waals surface area (Å²) in [4.78, 5) is 22.9. The molecule has 3 aromatic rings. The fourth-order valence-electron chi connectivity index (χ4n) is 3.41. The van der Waals surface area contributed by atoms with Gasteiger partial charge in [-0.2, -0.15) is 13.2 Å². The van der Waals surface area contributed by atoms with E-state index in [-0.39, 0.29) is 18.2 Å². The van der Waals surface area contributed by atoms with E-state index in [2.05, 4.69) is 15.3 Å². The molecule has 1 fully saturated rings. The maximum Gasteiger partial charge on any atom is 0.417 e. The van der Waals surface area contributed by atoms with Crippen molar-refractivity contribution in [3.05, 3.63) is 64.8 Å². The number of hydrogen-bond donors (Lipinski definition) is 1. The van der Waals surface area contributed by atoms with Crippen LogP contribution in [0.25, 0.3) is 11.0 Å². The third-order valence-electron chi connectivity index (χ3n) is 4.79. The van der Waals surface area contributed by atoms with Crippen molar-refractivity contribution in [2.45, 2.75) is 18.6 Å². The summed E-state index contributed by atoms with van der Waals surface area (Å²) in [7, 11) is 0. The Hall–Kier alpha value is -2.87. The van der Waals surface area contributed by atoms with E-state index in [9.17, 15) is 18.0 Å². The summed E-state index contributed by atoms with van der Waals surface area (Å²) in [5, 5.41) is 3.75. The number of alkyl halides is 3. The highest BCUT2D eigenvalue weighted by Crippen LogP contribution is 2.33. The van der Waals surface area contributed by atoms with E-state index in [0.717, 1.165) is 6.07 Å². The summed E-state index contributed by atoms with van der Waals surface area (Å²) < 4.78 is 39.6. The maximum absolute atomic E-state index is 13.2. The molecular weight excluding hydrogens is 405 g/mol. The Bertz CT molecular complexity index is 1070. The molecule has 0 unspecified atom stereocenters. The number of anilines is 1. The lowest BCUT2D eigenvalue weighted by atomic mass is 10.1. The molecular formula is C20H16ClF3N4O. The lowest BCUT2D eigenvalue weighted by molar-refractivity contribution is -0.138. The Morgan fingerprint density at radius 3 is 2.76 bits per heavy atom. The Labute approximate surface area is 169 Å². The standard InChI is InChI=1S/C20H16ClF3N4O/c21-12-5-6-16-17(9-12)27-18(10-25-16)26-13-7-8-28(11-13)19(29)14-3-1-2-4-15(14)20(22,23)24/h1-6,9-10,13H,7-8,11H2,(H,26,27)/t13-/m1/s1. The molecule has 1 aliphatic rings. The first-order valence-corrected chi connectivity index (χ1v) is 9.33. The molecule has 1 N–H and O–H groups in total. The van der Waals surface area contributed by atoms with Gasteiger partial charge < -0.3 is 10.2 Å². The number of nitrogens with zero attached hydrogens (tertiary/aromatic N) is 3. The van der Waals surface area contributed by atoms with Crippen molar-refractivity contribution in [2.24, 2.45) is 0 Å². The lowest BCUT2D eigenvalue weighted by Gasteiger charge is -2.20. The minimum atomic E-state index is -4.58. The number of nitrogens with one attached hydrogen (secondary N) is 1. The van der Waals surface area contributed by atoms with Gasteiger partial charge in [0.05, 0.1) is 28.4 Å². The first kappa shape index (κ1) is 19.4. The molecule has 5 nitrogen and oxygen atoms in total. The number of benzene rings is 2. The van der Waals surface area contributed by atoms with E-state index >= 15 is 0 Å². The number of likely N-dealkylation sites (tertiary alicyclic amines) is 1. The molecule has 2 aromatic carbocycles. The molecule has 1 saturated heterocycles. The van der Waals surface area contributed by atoms with Crippen LogP contribution in [0.4, 0.5) is 19.0 Å². The topological polar surface area (TPSA) is 58.1 Å². The second-order valence-corrected chi connectivity index (χ2v) is 7.25. The van der Waals surface area contributed by atoms with Crippen LogP contribution in [0.3, 0.4) is 0 Å². The van der Waals surface area contributed by atoms with Crippen LogP contribution in [0, 0.1) is 0 Å². The number of fused-ring (bicyclic) bond motifs is 1. The molecule has 2 heterocycles. The molecule has 0 aliphatic carbocycles. The first-order chi connectivity index (χ1) is 13.8. The van der Waals surface area contributed by atoms with Crippen LogP contribution < -0.4 is 5.32 Å². The van der Waals surface area contributed by atoms with Crippen LogP contribution in [0.1, 0.15) is 22.3 Å². The molecule has 0 bridgehead atoms. The summed E-state index contributed by atoms with van der Waals surface area (Å²) in [6.07, 6.45) is -2.40. The van der Waals surface area contributed by atoms with E-state index in [4.69, 9.17) is 11.6 Å². The zero-order valence-corrected chi connectivity index (χ0v) is 15.8. The lowest BCUT2D eigenvalue weighted by Crippen LogP contribution is -2.33. The van der Waals surface area contributed by atoms with Crippen molar-refractivity contribution in [2.75, 3.05) is 18.4 Å². The predicted molar refractivity (Wildman–Crippen MR) is 104 cm³/mol. The van der Waals surface area contributed by atoms with E-state index in [0.29, 0.717) is 34.8 Å². The SMILES string of the molecule is O=C(c1ccccc1C(F)(F)F)N1CC[C@@H](Nc2cnc3ccc(Cl)cc3n2)C1. The zero-order chi connectivity index (χ0) is 20.6. The summed E-state index contributed by atoms with van der Waals surface area (Å²) in [5.74, 6) is -0.103. The molecule has 4 rings (SSSR count). The van der Waals surface area contributed by atoms with E-state index in [1.165, 1.54) is 23.1 Å². The van der Waals surface area contributed by atoms with Gasteiger partial charge in [0.25, 0.3) is 5.91 Å². The van der Waals surface area contributed by atoms with Gasteiger partial charge in [0.1, 0.15) is 5.82 Å². The molecule has 1 amide bonds. The van der Waals surface area contributed by atoms with Crippen LogP contribution in [0.2, 0.25) is 5.02 Å². The monoisotopic (exact) mass is 420 g/mol. The van der Waals surface area contributed by atoms with Crippen molar-refractivity contribution in [3.8, 4) is 0 Å². The second-order valence-electron chi connectivity index (χ2n) is 6.81. The predicted octanol–water partition coefficient (Wildman–Crippen LogP) is 4.63. The largest absolute Gasteiger partial charge is 0.417 e. The summed E-state index contributed by atoms with van der Waals surface area (Å²) in [6.45, 7) is 0.635. The number of halogens is 4. The summed E-state index contributed by atoms with van der Waals surface area (Å²) >= 11 is 5.99. The molecule has 29 heavy (non-hydrogen) atoms. The second kappa shape index (κ2) is 7.51. The van der Waals surface area contributed by atoms with Crippen molar-refractivity contribution in [1.82, 2.24) is 14.9 Å². The maximum atomic E-state index is 13.2. The van der Waals surface area contributed by atoms with Gasteiger partial charge in [-0.05, 0) is 36.8 Å². The third-order valence-corrected chi connectivity index (χ3v) is 5.03. The summed E-state index contributed by atoms with van der Waals surface area (Å²) in [5.41, 5.74) is 0.0824. The van der Waals surface area contributed by atoms with Crippen LogP contribution in [-0.2, 0) is 6.18 Å². The highest BCUT2D eigenvalue weighted by Gasteiger charge is 2.37. The van der Waals surface area contributed by atoms with Crippen molar-refractivity contribution < 1.29 is 18.0 Å². The minimum absolute atomic E-state index is 0.136. The first-order valence-electron chi connectivity index (χ1n) is 8.95. The third kappa shape index (κ3) is 4.12. The van der Waals surface area contributed by atoms with E-state index in [1.54, 1.807) is 24.4 Å². The number of aromatic nitrogens is 2. The van der Waals surface area contributed by atoms with Gasteiger partial charge >= 0.3 is 6.18 Å². The van der Waals surface area contributed by atoms with Gasteiger partial charge in [0, 0.05) is 24.2 Å². The van der Waals surface area contributed by atoms with Crippen LogP contribution >= 0.6 is 11.6 Å². The van der Waals surface area contributed by atoms with Crippen LogP contribution in [0.15, 0.2) is 48.7 Å². The highest BCUT2D eigenvalue weighted by molar-refractivity contribution is 6.31. The fourth-order valence-corrected chi connectivity index (χ4v) is 3.58. The van der Waals surface area contributed by atoms with Gasteiger partial charge in [-0.15, -0.1) is 0 Å². The normalized spacial score (nSPS) is 17.0. The van der Waals surface area contributed by atoms with Gasteiger partial charge in [0.2, 0.25) is 0 Å². The zero-order valence-electron chi connectivity index (χ0n) is 15.1. The Balaban J connectivity index is 1.48. The van der Waals surface area contributed by atoms with Crippen molar-refractivity contribution in [1.29, 1.82) is 0 Å². The molecule has 1 aliphatic heterocycles. The smallest absolute Gasteiger partial charge is 0.364 e. The minimum Gasteiger partial charge on any atom is -0.364 e. The fraction of sp³-hybridized carbons (Fsp3) is 0.250. The number of rotatable bonds is 3. The van der Waals surface area contributed by atoms with Gasteiger partial charge in [0.15, 0.2) is 0 Å². The average molecular weight is 421 g/mol. The van der Waals surface area contributed by atoms with E-state index in [1.807, 2.05) is 0 Å². The highest BCUT2D eigenvalue weighted by atomic mass is 35.5. The Morgan fingerprint density at radius 1 is 1.17 bits per heavy atom. The number of amides is 1. The average Bonchev–Trinajstić information content (AvgIpc) is 3.15. The van der Waals surface area contributed by atoms with Crippen molar-refractivity contribution >= 4 is 34.4 Å². The molecule has 150 valence electrons. The summed E-state index contributed by atoms with van der Waals surface area (Å²) in [6, 6.07) is 9.91. The molecule has 1 aromatic heterocycles.